The molecule has 3 rings (SSSR count). The molecule has 1 unspecified atom stereocenters. The number of hydrogen-bond donors (Lipinski definition) is 2. The molecule has 0 spiro atoms. The molecular formula is C20H24N2O2. The lowest BCUT2D eigenvalue weighted by atomic mass is 9.98. The average molecular weight is 324 g/mol. The second-order valence-corrected chi connectivity index (χ2v) is 6.19. The van der Waals surface area contributed by atoms with E-state index < -0.39 is 0 Å². The molecule has 0 aromatic heterocycles. The van der Waals surface area contributed by atoms with Crippen LogP contribution < -0.4 is 15.4 Å². The van der Waals surface area contributed by atoms with E-state index in [2.05, 4.69) is 34.9 Å². The zero-order valence-electron chi connectivity index (χ0n) is 14.0. The fraction of sp³-hybridized carbons (Fsp3) is 0.350. The first kappa shape index (κ1) is 16.5. The van der Waals surface area contributed by atoms with Crippen molar-refractivity contribution in [3.05, 3.63) is 54.1 Å². The molecule has 0 radical (unpaired) electrons. The highest BCUT2D eigenvalue weighted by Crippen LogP contribution is 2.22. The van der Waals surface area contributed by atoms with E-state index >= 15 is 0 Å². The van der Waals surface area contributed by atoms with Gasteiger partial charge in [0.15, 0.2) is 0 Å². The summed E-state index contributed by atoms with van der Waals surface area (Å²) in [5.41, 5.74) is 3.42. The summed E-state index contributed by atoms with van der Waals surface area (Å²) in [6.07, 6.45) is 2.06. The van der Waals surface area contributed by atoms with Crippen LogP contribution in [0, 0.1) is 5.92 Å². The second kappa shape index (κ2) is 7.97. The predicted octanol–water partition coefficient (Wildman–Crippen LogP) is 2.98. The number of ether oxygens (including phenoxy) is 1. The number of methoxy groups -OCH3 is 1. The van der Waals surface area contributed by atoms with Crippen molar-refractivity contribution in [1.29, 1.82) is 0 Å². The van der Waals surface area contributed by atoms with Crippen molar-refractivity contribution in [2.45, 2.75) is 19.4 Å². The molecule has 1 saturated heterocycles. The molecule has 4 nitrogen and oxygen atoms in total. The van der Waals surface area contributed by atoms with Crippen LogP contribution in [-0.4, -0.2) is 26.1 Å². The van der Waals surface area contributed by atoms with Gasteiger partial charge in [0.1, 0.15) is 5.75 Å². The highest BCUT2D eigenvalue weighted by Gasteiger charge is 2.20. The molecule has 1 heterocycles. The number of piperidine rings is 1. The van der Waals surface area contributed by atoms with Gasteiger partial charge in [-0.25, -0.2) is 0 Å². The molecule has 4 heteroatoms. The normalized spacial score (nSPS) is 17.3. The number of amides is 1. The van der Waals surface area contributed by atoms with Crippen molar-refractivity contribution >= 4 is 5.91 Å². The Hall–Kier alpha value is -2.33. The van der Waals surface area contributed by atoms with Gasteiger partial charge in [0.25, 0.3) is 0 Å². The van der Waals surface area contributed by atoms with E-state index in [1.165, 1.54) is 0 Å². The van der Waals surface area contributed by atoms with Gasteiger partial charge in [0.05, 0.1) is 13.0 Å². The van der Waals surface area contributed by atoms with Gasteiger partial charge in [-0.15, -0.1) is 0 Å². The minimum atomic E-state index is 0.109. The van der Waals surface area contributed by atoms with Crippen LogP contribution >= 0.6 is 0 Å². The second-order valence-electron chi connectivity index (χ2n) is 6.19. The number of benzene rings is 2. The van der Waals surface area contributed by atoms with Crippen LogP contribution in [0.3, 0.4) is 0 Å². The lowest BCUT2D eigenvalue weighted by Crippen LogP contribution is -2.40. The summed E-state index contributed by atoms with van der Waals surface area (Å²) >= 11 is 0. The van der Waals surface area contributed by atoms with E-state index in [0.29, 0.717) is 6.54 Å². The van der Waals surface area contributed by atoms with E-state index in [0.717, 1.165) is 48.4 Å². The molecule has 2 aromatic carbocycles. The molecule has 0 aliphatic carbocycles. The van der Waals surface area contributed by atoms with Crippen LogP contribution in [0.2, 0.25) is 0 Å². The van der Waals surface area contributed by atoms with Crippen LogP contribution in [0.1, 0.15) is 18.4 Å². The minimum absolute atomic E-state index is 0.109. The Balaban J connectivity index is 1.56. The molecule has 2 aromatic rings. The molecule has 0 saturated carbocycles. The number of hydrogen-bond acceptors (Lipinski definition) is 3. The van der Waals surface area contributed by atoms with Crippen LogP contribution in [0.5, 0.6) is 5.75 Å². The molecule has 0 bridgehead atoms. The standard InChI is InChI=1S/C20H24N2O2/c1-24-19-10-8-17(9-11-19)16-6-4-15(5-7-16)13-22-20(23)18-3-2-12-21-14-18/h4-11,18,21H,2-3,12-14H2,1H3,(H,22,23). The summed E-state index contributed by atoms with van der Waals surface area (Å²) in [6.45, 7) is 2.40. The Morgan fingerprint density at radius 1 is 1.12 bits per heavy atom. The van der Waals surface area contributed by atoms with Crippen molar-refractivity contribution in [1.82, 2.24) is 10.6 Å². The van der Waals surface area contributed by atoms with Gasteiger partial charge in [0.2, 0.25) is 5.91 Å². The molecule has 24 heavy (non-hydrogen) atoms. The lowest BCUT2D eigenvalue weighted by molar-refractivity contribution is -0.125. The maximum Gasteiger partial charge on any atom is 0.224 e. The predicted molar refractivity (Wildman–Crippen MR) is 95.9 cm³/mol. The van der Waals surface area contributed by atoms with Gasteiger partial charge < -0.3 is 15.4 Å². The zero-order valence-corrected chi connectivity index (χ0v) is 14.0. The Bertz CT molecular complexity index is 659. The number of nitrogens with one attached hydrogen (secondary N) is 2. The van der Waals surface area contributed by atoms with Gasteiger partial charge >= 0.3 is 0 Å². The molecule has 1 aliphatic rings. The summed E-state index contributed by atoms with van der Waals surface area (Å²) in [6, 6.07) is 16.3. The van der Waals surface area contributed by atoms with Crippen molar-refractivity contribution in [2.75, 3.05) is 20.2 Å². The number of rotatable bonds is 5. The van der Waals surface area contributed by atoms with E-state index in [-0.39, 0.29) is 11.8 Å². The van der Waals surface area contributed by atoms with Gasteiger partial charge in [-0.1, -0.05) is 36.4 Å². The number of carbonyl (C=O) groups is 1. The molecular weight excluding hydrogens is 300 g/mol. The maximum absolute atomic E-state index is 12.2. The Morgan fingerprint density at radius 2 is 1.79 bits per heavy atom. The summed E-state index contributed by atoms with van der Waals surface area (Å²) in [7, 11) is 1.67. The third-order valence-corrected chi connectivity index (χ3v) is 4.51. The molecule has 1 atom stereocenters. The van der Waals surface area contributed by atoms with E-state index in [4.69, 9.17) is 4.74 Å². The Morgan fingerprint density at radius 3 is 2.38 bits per heavy atom. The van der Waals surface area contributed by atoms with Gasteiger partial charge in [-0.2, -0.15) is 0 Å². The average Bonchev–Trinajstić information content (AvgIpc) is 2.67. The molecule has 126 valence electrons. The van der Waals surface area contributed by atoms with Crippen molar-refractivity contribution in [3.8, 4) is 16.9 Å². The quantitative estimate of drug-likeness (QED) is 0.889. The van der Waals surface area contributed by atoms with E-state index in [1.807, 2.05) is 24.3 Å². The SMILES string of the molecule is COc1ccc(-c2ccc(CNC(=O)C3CCCNC3)cc2)cc1. The number of carbonyl (C=O) groups excluding carboxylic acids is 1. The van der Waals surface area contributed by atoms with E-state index in [1.54, 1.807) is 7.11 Å². The topological polar surface area (TPSA) is 50.4 Å². The van der Waals surface area contributed by atoms with Gasteiger partial charge in [-0.3, -0.25) is 4.79 Å². The summed E-state index contributed by atoms with van der Waals surface area (Å²) in [4.78, 5) is 12.2. The zero-order chi connectivity index (χ0) is 16.8. The fourth-order valence-electron chi connectivity index (χ4n) is 3.01. The lowest BCUT2D eigenvalue weighted by Gasteiger charge is -2.21. The molecule has 2 N–H and O–H groups in total. The van der Waals surface area contributed by atoms with Crippen LogP contribution in [0.4, 0.5) is 0 Å². The Kier molecular flexibility index (Phi) is 5.49. The van der Waals surface area contributed by atoms with Gasteiger partial charge in [0, 0.05) is 13.1 Å². The Labute approximate surface area is 143 Å². The highest BCUT2D eigenvalue weighted by atomic mass is 16.5. The van der Waals surface area contributed by atoms with E-state index in [9.17, 15) is 4.79 Å². The van der Waals surface area contributed by atoms with Crippen LogP contribution in [-0.2, 0) is 11.3 Å². The summed E-state index contributed by atoms with van der Waals surface area (Å²) in [5, 5.41) is 6.33. The first-order chi connectivity index (χ1) is 11.8. The summed E-state index contributed by atoms with van der Waals surface area (Å²) < 4.78 is 5.18. The first-order valence-corrected chi connectivity index (χ1v) is 8.48. The first-order valence-electron chi connectivity index (χ1n) is 8.48. The van der Waals surface area contributed by atoms with Crippen molar-refractivity contribution in [3.63, 3.8) is 0 Å². The molecule has 1 amide bonds. The molecule has 1 fully saturated rings. The van der Waals surface area contributed by atoms with Gasteiger partial charge in [-0.05, 0) is 48.2 Å². The third-order valence-electron chi connectivity index (χ3n) is 4.51. The smallest absolute Gasteiger partial charge is 0.224 e. The fourth-order valence-corrected chi connectivity index (χ4v) is 3.01. The monoisotopic (exact) mass is 324 g/mol. The van der Waals surface area contributed by atoms with Crippen LogP contribution in [0.15, 0.2) is 48.5 Å². The van der Waals surface area contributed by atoms with Crippen LogP contribution in [0.25, 0.3) is 11.1 Å². The maximum atomic E-state index is 12.2. The van der Waals surface area contributed by atoms with Crippen molar-refractivity contribution in [2.24, 2.45) is 5.92 Å². The minimum Gasteiger partial charge on any atom is -0.497 e. The summed E-state index contributed by atoms with van der Waals surface area (Å²) in [5.74, 6) is 1.12. The molecule has 1 aliphatic heterocycles. The third kappa shape index (κ3) is 4.15. The highest BCUT2D eigenvalue weighted by molar-refractivity contribution is 5.79. The largest absolute Gasteiger partial charge is 0.497 e. The van der Waals surface area contributed by atoms with Crippen molar-refractivity contribution < 1.29 is 9.53 Å².